The van der Waals surface area contributed by atoms with Crippen LogP contribution >= 0.6 is 0 Å². The molecule has 0 amide bonds. The molecule has 0 fully saturated rings. The topological polar surface area (TPSA) is 12.0 Å². The first-order chi connectivity index (χ1) is 9.47. The quantitative estimate of drug-likeness (QED) is 0.828. The summed E-state index contributed by atoms with van der Waals surface area (Å²) in [6.07, 6.45) is -4.41. The van der Waals surface area contributed by atoms with Gasteiger partial charge in [0.15, 0.2) is 0 Å². The fourth-order valence-corrected chi connectivity index (χ4v) is 1.93. The fourth-order valence-electron chi connectivity index (χ4n) is 1.93. The van der Waals surface area contributed by atoms with E-state index in [2.05, 4.69) is 5.32 Å². The summed E-state index contributed by atoms with van der Waals surface area (Å²) in [7, 11) is 0. The van der Waals surface area contributed by atoms with E-state index in [1.54, 1.807) is 24.3 Å². The number of benzene rings is 2. The predicted molar refractivity (Wildman–Crippen MR) is 68.5 cm³/mol. The van der Waals surface area contributed by atoms with Crippen LogP contribution in [-0.2, 0) is 6.54 Å². The zero-order chi connectivity index (χ0) is 14.6. The van der Waals surface area contributed by atoms with Gasteiger partial charge in [-0.2, -0.15) is 13.2 Å². The average molecular weight is 283 g/mol. The summed E-state index contributed by atoms with van der Waals surface area (Å²) in [6, 6.07) is 11.3. The van der Waals surface area contributed by atoms with Gasteiger partial charge in [-0.3, -0.25) is 5.32 Å². The molecule has 2 aromatic carbocycles. The summed E-state index contributed by atoms with van der Waals surface area (Å²) in [4.78, 5) is 0. The van der Waals surface area contributed by atoms with E-state index in [4.69, 9.17) is 0 Å². The number of hydrogen-bond acceptors (Lipinski definition) is 1. The second kappa shape index (κ2) is 6.05. The largest absolute Gasteiger partial charge is 0.407 e. The van der Waals surface area contributed by atoms with E-state index in [1.165, 1.54) is 30.3 Å². The van der Waals surface area contributed by atoms with Gasteiger partial charge in [0.05, 0.1) is 0 Å². The normalized spacial score (nSPS) is 13.2. The summed E-state index contributed by atoms with van der Waals surface area (Å²) in [5.41, 5.74) is 0.603. The van der Waals surface area contributed by atoms with Gasteiger partial charge in [0.25, 0.3) is 0 Å². The van der Waals surface area contributed by atoms with Gasteiger partial charge in [-0.1, -0.05) is 42.5 Å². The Balaban J connectivity index is 2.14. The van der Waals surface area contributed by atoms with Crippen LogP contribution in [0.3, 0.4) is 0 Å². The molecule has 0 saturated carbocycles. The van der Waals surface area contributed by atoms with E-state index in [0.29, 0.717) is 5.56 Å². The lowest BCUT2D eigenvalue weighted by Gasteiger charge is -2.22. The SMILES string of the molecule is Fc1cccc(CNC(c2ccccc2)C(F)(F)F)c1. The van der Waals surface area contributed by atoms with Crippen molar-refractivity contribution < 1.29 is 17.6 Å². The number of nitrogens with one attached hydrogen (secondary N) is 1. The number of alkyl halides is 3. The molecule has 0 spiro atoms. The molecule has 0 aliphatic heterocycles. The minimum absolute atomic E-state index is 0.0587. The Hall–Kier alpha value is -1.88. The maximum atomic E-state index is 13.1. The zero-order valence-corrected chi connectivity index (χ0v) is 10.5. The zero-order valence-electron chi connectivity index (χ0n) is 10.5. The van der Waals surface area contributed by atoms with Crippen LogP contribution in [0, 0.1) is 5.82 Å². The van der Waals surface area contributed by atoms with Crippen molar-refractivity contribution in [1.29, 1.82) is 0 Å². The molecule has 2 rings (SSSR count). The molecule has 0 aliphatic carbocycles. The minimum Gasteiger partial charge on any atom is -0.298 e. The molecule has 20 heavy (non-hydrogen) atoms. The van der Waals surface area contributed by atoms with Crippen molar-refractivity contribution in [2.24, 2.45) is 0 Å². The highest BCUT2D eigenvalue weighted by molar-refractivity contribution is 5.21. The molecule has 0 radical (unpaired) electrons. The molecule has 1 nitrogen and oxygen atoms in total. The van der Waals surface area contributed by atoms with E-state index < -0.39 is 18.0 Å². The molecule has 5 heteroatoms. The van der Waals surface area contributed by atoms with Crippen LogP contribution in [0.15, 0.2) is 54.6 Å². The van der Waals surface area contributed by atoms with Gasteiger partial charge < -0.3 is 0 Å². The van der Waals surface area contributed by atoms with Gasteiger partial charge in [0, 0.05) is 6.54 Å². The lowest BCUT2D eigenvalue weighted by molar-refractivity contribution is -0.158. The van der Waals surface area contributed by atoms with Gasteiger partial charge in [-0.25, -0.2) is 4.39 Å². The van der Waals surface area contributed by atoms with Crippen molar-refractivity contribution in [2.75, 3.05) is 0 Å². The molecule has 2 aromatic rings. The first kappa shape index (κ1) is 14.5. The van der Waals surface area contributed by atoms with E-state index in [0.717, 1.165) is 0 Å². The van der Waals surface area contributed by atoms with E-state index >= 15 is 0 Å². The summed E-state index contributed by atoms with van der Waals surface area (Å²) in [5, 5.41) is 2.43. The van der Waals surface area contributed by atoms with Crippen LogP contribution in [0.5, 0.6) is 0 Å². The molecule has 106 valence electrons. The smallest absolute Gasteiger partial charge is 0.298 e. The molecule has 0 heterocycles. The van der Waals surface area contributed by atoms with Crippen LogP contribution in [0.25, 0.3) is 0 Å². The third-order valence-electron chi connectivity index (χ3n) is 2.86. The third-order valence-corrected chi connectivity index (χ3v) is 2.86. The monoisotopic (exact) mass is 283 g/mol. The standard InChI is InChI=1S/C15H13F4N/c16-13-8-4-5-11(9-13)10-20-14(15(17,18)19)12-6-2-1-3-7-12/h1-9,14,20H,10H2. The second-order valence-corrected chi connectivity index (χ2v) is 4.40. The van der Waals surface area contributed by atoms with Gasteiger partial charge in [0.1, 0.15) is 11.9 Å². The summed E-state index contributed by atoms with van der Waals surface area (Å²) in [5.74, 6) is -0.465. The van der Waals surface area contributed by atoms with Gasteiger partial charge in [0.2, 0.25) is 0 Å². The van der Waals surface area contributed by atoms with E-state index in [9.17, 15) is 17.6 Å². The highest BCUT2D eigenvalue weighted by atomic mass is 19.4. The molecule has 0 bridgehead atoms. The van der Waals surface area contributed by atoms with Crippen LogP contribution in [-0.4, -0.2) is 6.18 Å². The summed E-state index contributed by atoms with van der Waals surface area (Å²) < 4.78 is 52.2. The Bertz CT molecular complexity index is 551. The molecular formula is C15H13F4N. The number of halogens is 4. The van der Waals surface area contributed by atoms with Crippen molar-refractivity contribution in [3.8, 4) is 0 Å². The van der Waals surface area contributed by atoms with Crippen LogP contribution < -0.4 is 5.32 Å². The highest BCUT2D eigenvalue weighted by Gasteiger charge is 2.40. The minimum atomic E-state index is -4.41. The average Bonchev–Trinajstić information content (AvgIpc) is 2.39. The first-order valence-electron chi connectivity index (χ1n) is 6.06. The van der Waals surface area contributed by atoms with Gasteiger partial charge in [-0.05, 0) is 23.3 Å². The van der Waals surface area contributed by atoms with Crippen molar-refractivity contribution >= 4 is 0 Å². The fraction of sp³-hybridized carbons (Fsp3) is 0.200. The predicted octanol–water partition coefficient (Wildman–Crippen LogP) is 4.22. The molecule has 1 N–H and O–H groups in total. The van der Waals surface area contributed by atoms with Crippen molar-refractivity contribution in [3.05, 3.63) is 71.5 Å². The van der Waals surface area contributed by atoms with E-state index in [-0.39, 0.29) is 12.1 Å². The lowest BCUT2D eigenvalue weighted by Crippen LogP contribution is -2.33. The lowest BCUT2D eigenvalue weighted by atomic mass is 10.1. The first-order valence-corrected chi connectivity index (χ1v) is 6.06. The summed E-state index contributed by atoms with van der Waals surface area (Å²) in [6.45, 7) is -0.0587. The van der Waals surface area contributed by atoms with Crippen molar-refractivity contribution in [3.63, 3.8) is 0 Å². The highest BCUT2D eigenvalue weighted by Crippen LogP contribution is 2.32. The summed E-state index contributed by atoms with van der Waals surface area (Å²) >= 11 is 0. The number of hydrogen-bond donors (Lipinski definition) is 1. The van der Waals surface area contributed by atoms with E-state index in [1.807, 2.05) is 0 Å². The van der Waals surface area contributed by atoms with Crippen LogP contribution in [0.4, 0.5) is 17.6 Å². The molecular weight excluding hydrogens is 270 g/mol. The van der Waals surface area contributed by atoms with Gasteiger partial charge >= 0.3 is 6.18 Å². The third kappa shape index (κ3) is 3.81. The molecule has 0 aliphatic rings. The molecule has 1 unspecified atom stereocenters. The van der Waals surface area contributed by atoms with Crippen molar-refractivity contribution in [2.45, 2.75) is 18.8 Å². The van der Waals surface area contributed by atoms with Crippen LogP contribution in [0.1, 0.15) is 17.2 Å². The second-order valence-electron chi connectivity index (χ2n) is 4.40. The Morgan fingerprint density at radius 1 is 0.950 bits per heavy atom. The van der Waals surface area contributed by atoms with Gasteiger partial charge in [-0.15, -0.1) is 0 Å². The Labute approximate surface area is 114 Å². The molecule has 1 atom stereocenters. The maximum Gasteiger partial charge on any atom is 0.407 e. The Morgan fingerprint density at radius 3 is 2.25 bits per heavy atom. The Kier molecular flexibility index (Phi) is 4.39. The maximum absolute atomic E-state index is 13.1. The Morgan fingerprint density at radius 2 is 1.65 bits per heavy atom. The van der Waals surface area contributed by atoms with Crippen molar-refractivity contribution in [1.82, 2.24) is 5.32 Å². The number of rotatable bonds is 4. The molecule has 0 saturated heterocycles. The molecule has 0 aromatic heterocycles. The van der Waals surface area contributed by atoms with Crippen LogP contribution in [0.2, 0.25) is 0 Å².